The molecule has 1 unspecified atom stereocenters. The van der Waals surface area contributed by atoms with E-state index in [0.29, 0.717) is 0 Å². The fourth-order valence-corrected chi connectivity index (χ4v) is 4.21. The Morgan fingerprint density at radius 1 is 1.08 bits per heavy atom. The van der Waals surface area contributed by atoms with Crippen LogP contribution in [0.3, 0.4) is 0 Å². The van der Waals surface area contributed by atoms with E-state index in [2.05, 4.69) is 84.1 Å². The summed E-state index contributed by atoms with van der Waals surface area (Å²) in [5.74, 6) is 0.260. The summed E-state index contributed by atoms with van der Waals surface area (Å²) in [6.45, 7) is 9.51. The van der Waals surface area contributed by atoms with Gasteiger partial charge in [-0.05, 0) is 49.0 Å². The maximum Gasteiger partial charge on any atom is 0.0856 e. The third kappa shape index (κ3) is 4.96. The maximum atomic E-state index is 10.1. The molecule has 138 valence electrons. The van der Waals surface area contributed by atoms with Gasteiger partial charge >= 0.3 is 0 Å². The monoisotopic (exact) mass is 412 g/mol. The van der Waals surface area contributed by atoms with E-state index in [4.69, 9.17) is 0 Å². The van der Waals surface area contributed by atoms with E-state index in [0.717, 1.165) is 42.5 Å². The first kappa shape index (κ1) is 20.7. The second-order valence-corrected chi connectivity index (χ2v) is 8.03. The van der Waals surface area contributed by atoms with Gasteiger partial charge in [0.2, 0.25) is 0 Å². The van der Waals surface area contributed by atoms with Crippen molar-refractivity contribution in [1.82, 2.24) is 4.90 Å². The molecule has 0 fully saturated rings. The Balaban J connectivity index is 2.08. The summed E-state index contributed by atoms with van der Waals surface area (Å²) in [5, 5.41) is 10.1. The van der Waals surface area contributed by atoms with Gasteiger partial charge in [-0.3, -0.25) is 4.90 Å². The Hall–Kier alpha value is -1.63. The number of nitrogens with zero attached hydrogens (tertiary/aromatic N) is 2. The van der Waals surface area contributed by atoms with Crippen LogP contribution >= 0.6 is 15.9 Å². The molecule has 0 heterocycles. The second-order valence-electron chi connectivity index (χ2n) is 7.18. The molecule has 2 rings (SSSR count). The molecular weight excluding hydrogens is 384 g/mol. The Kier molecular flexibility index (Phi) is 7.87. The van der Waals surface area contributed by atoms with E-state index >= 15 is 0 Å². The van der Waals surface area contributed by atoms with E-state index in [1.54, 1.807) is 0 Å². The largest absolute Gasteiger partial charge is 0.299 e. The van der Waals surface area contributed by atoms with Gasteiger partial charge in [-0.25, -0.2) is 0 Å². The van der Waals surface area contributed by atoms with Crippen LogP contribution in [0.2, 0.25) is 0 Å². The highest BCUT2D eigenvalue weighted by atomic mass is 79.9. The molecular formula is C23H29BrN2. The molecule has 0 aromatic heterocycles. The average Bonchev–Trinajstić information content (AvgIpc) is 2.66. The fraction of sp³-hybridized carbons (Fsp3) is 0.435. The molecule has 2 nitrogen and oxygen atoms in total. The quantitative estimate of drug-likeness (QED) is 0.492. The zero-order valence-corrected chi connectivity index (χ0v) is 17.7. The summed E-state index contributed by atoms with van der Waals surface area (Å²) in [6, 6.07) is 21.4. The summed E-state index contributed by atoms with van der Waals surface area (Å²) in [6.07, 6.45) is 1.88. The minimum Gasteiger partial charge on any atom is -0.299 e. The van der Waals surface area contributed by atoms with Gasteiger partial charge in [0.1, 0.15) is 0 Å². The number of benzene rings is 2. The number of rotatable bonds is 9. The molecule has 0 amide bonds. The third-order valence-electron chi connectivity index (χ3n) is 5.28. The highest BCUT2D eigenvalue weighted by Gasteiger charge is 2.37. The molecule has 2 aromatic rings. The van der Waals surface area contributed by atoms with Crippen LogP contribution in [0, 0.1) is 17.2 Å². The summed E-state index contributed by atoms with van der Waals surface area (Å²) in [5.41, 5.74) is 2.01. The van der Waals surface area contributed by atoms with Crippen molar-refractivity contribution in [2.24, 2.45) is 5.92 Å². The maximum absolute atomic E-state index is 10.1. The molecule has 3 heteroatoms. The zero-order valence-electron chi connectivity index (χ0n) is 16.1. The summed E-state index contributed by atoms with van der Waals surface area (Å²) in [7, 11) is 0. The summed E-state index contributed by atoms with van der Waals surface area (Å²) < 4.78 is 1.03. The zero-order chi connectivity index (χ0) is 19.0. The number of nitriles is 1. The lowest BCUT2D eigenvalue weighted by molar-refractivity contribution is 0.254. The number of hydrogen-bond donors (Lipinski definition) is 0. The first-order chi connectivity index (χ1) is 12.5. The lowest BCUT2D eigenvalue weighted by Crippen LogP contribution is -2.33. The predicted molar refractivity (Wildman–Crippen MR) is 113 cm³/mol. The van der Waals surface area contributed by atoms with Crippen molar-refractivity contribution in [1.29, 1.82) is 5.26 Å². The molecule has 0 aliphatic heterocycles. The van der Waals surface area contributed by atoms with Crippen molar-refractivity contribution < 1.29 is 0 Å². The van der Waals surface area contributed by atoms with Gasteiger partial charge in [0.05, 0.1) is 11.5 Å². The Morgan fingerprint density at radius 2 is 1.73 bits per heavy atom. The summed E-state index contributed by atoms with van der Waals surface area (Å²) >= 11 is 3.66. The van der Waals surface area contributed by atoms with Gasteiger partial charge in [0, 0.05) is 11.0 Å². The highest BCUT2D eigenvalue weighted by molar-refractivity contribution is 9.10. The van der Waals surface area contributed by atoms with E-state index in [1.165, 1.54) is 5.56 Å². The molecule has 26 heavy (non-hydrogen) atoms. The Labute approximate surface area is 167 Å². The van der Waals surface area contributed by atoms with Gasteiger partial charge in [0.15, 0.2) is 0 Å². The lowest BCUT2D eigenvalue weighted by atomic mass is 9.70. The first-order valence-corrected chi connectivity index (χ1v) is 10.2. The second kappa shape index (κ2) is 9.90. The fourth-order valence-electron chi connectivity index (χ4n) is 3.57. The van der Waals surface area contributed by atoms with Crippen molar-refractivity contribution in [3.63, 3.8) is 0 Å². The Bertz CT molecular complexity index is 720. The van der Waals surface area contributed by atoms with Gasteiger partial charge in [0.25, 0.3) is 0 Å². The van der Waals surface area contributed by atoms with Crippen molar-refractivity contribution >= 4 is 15.9 Å². The Morgan fingerprint density at radius 3 is 2.31 bits per heavy atom. The SMILES string of the molecule is CCN(CCCC(C#N)(c1ccccc1Br)C(C)C)Cc1ccccc1. The van der Waals surface area contributed by atoms with E-state index < -0.39 is 5.41 Å². The smallest absolute Gasteiger partial charge is 0.0856 e. The van der Waals surface area contributed by atoms with Crippen LogP contribution in [-0.4, -0.2) is 18.0 Å². The molecule has 0 N–H and O–H groups in total. The molecule has 0 saturated heterocycles. The summed E-state index contributed by atoms with van der Waals surface area (Å²) in [4.78, 5) is 2.46. The van der Waals surface area contributed by atoms with Gasteiger partial charge in [-0.2, -0.15) is 5.26 Å². The topological polar surface area (TPSA) is 27.0 Å². The van der Waals surface area contributed by atoms with Crippen LogP contribution in [0.1, 0.15) is 44.7 Å². The molecule has 2 aromatic carbocycles. The van der Waals surface area contributed by atoms with Crippen molar-refractivity contribution in [2.75, 3.05) is 13.1 Å². The molecule has 1 atom stereocenters. The van der Waals surface area contributed by atoms with Gasteiger partial charge < -0.3 is 0 Å². The van der Waals surface area contributed by atoms with E-state index in [1.807, 2.05) is 18.2 Å². The molecule has 0 radical (unpaired) electrons. The van der Waals surface area contributed by atoms with Crippen LogP contribution in [-0.2, 0) is 12.0 Å². The average molecular weight is 413 g/mol. The van der Waals surface area contributed by atoms with Crippen molar-refractivity contribution in [3.05, 3.63) is 70.2 Å². The highest BCUT2D eigenvalue weighted by Crippen LogP contribution is 2.40. The number of halogens is 1. The predicted octanol–water partition coefficient (Wildman–Crippen LogP) is 6.17. The minimum absolute atomic E-state index is 0.260. The lowest BCUT2D eigenvalue weighted by Gasteiger charge is -2.33. The van der Waals surface area contributed by atoms with Crippen LogP contribution in [0.5, 0.6) is 0 Å². The molecule has 0 spiro atoms. The third-order valence-corrected chi connectivity index (χ3v) is 5.97. The van der Waals surface area contributed by atoms with Crippen LogP contribution < -0.4 is 0 Å². The minimum atomic E-state index is -0.452. The normalized spacial score (nSPS) is 13.6. The number of hydrogen-bond acceptors (Lipinski definition) is 2. The van der Waals surface area contributed by atoms with Crippen molar-refractivity contribution in [3.8, 4) is 6.07 Å². The van der Waals surface area contributed by atoms with Crippen LogP contribution in [0.15, 0.2) is 59.1 Å². The van der Waals surface area contributed by atoms with Crippen LogP contribution in [0.25, 0.3) is 0 Å². The molecule has 0 saturated carbocycles. The van der Waals surface area contributed by atoms with Gasteiger partial charge in [-0.15, -0.1) is 0 Å². The van der Waals surface area contributed by atoms with Crippen LogP contribution in [0.4, 0.5) is 0 Å². The van der Waals surface area contributed by atoms with Crippen molar-refractivity contribution in [2.45, 2.75) is 45.6 Å². The standard InChI is InChI=1S/C23H29BrN2/c1-4-26(17-20-11-6-5-7-12-20)16-10-15-23(18-25,19(2)3)21-13-8-9-14-22(21)24/h5-9,11-14,19H,4,10,15-17H2,1-3H3. The first-order valence-electron chi connectivity index (χ1n) is 9.46. The van der Waals surface area contributed by atoms with E-state index in [-0.39, 0.29) is 5.92 Å². The molecule has 0 aliphatic rings. The van der Waals surface area contributed by atoms with Gasteiger partial charge in [-0.1, -0.05) is 85.2 Å². The molecule has 0 bridgehead atoms. The molecule has 0 aliphatic carbocycles. The van der Waals surface area contributed by atoms with E-state index in [9.17, 15) is 5.26 Å².